The molecule has 0 saturated carbocycles. The van der Waals surface area contributed by atoms with Gasteiger partial charge in [-0.1, -0.05) is 109 Å². The fourth-order valence-corrected chi connectivity index (χ4v) is 7.86. The molecule has 8 rings (SSSR count). The molecule has 5 heteroatoms. The fraction of sp³-hybridized carbons (Fsp3) is 0.150. The summed E-state index contributed by atoms with van der Waals surface area (Å²) in [6, 6.07) is 40.1. The van der Waals surface area contributed by atoms with Crippen LogP contribution in [-0.4, -0.2) is 12.7 Å². The van der Waals surface area contributed by atoms with Gasteiger partial charge in [0, 0.05) is 35.1 Å². The third-order valence-electron chi connectivity index (χ3n) is 9.69. The van der Waals surface area contributed by atoms with Gasteiger partial charge in [-0.3, -0.25) is 0 Å². The quantitative estimate of drug-likeness (QED) is 0.201. The monoisotopic (exact) mass is 596 g/mol. The Kier molecular flexibility index (Phi) is 6.11. The Balaban J connectivity index is 1.44. The number of rotatable bonds is 3. The number of nitrogens with zero attached hydrogens (tertiary/aromatic N) is 2. The number of allylic oxidation sites excluding steroid dienone is 2. The van der Waals surface area contributed by atoms with Crippen molar-refractivity contribution in [2.24, 2.45) is 5.92 Å². The summed E-state index contributed by atoms with van der Waals surface area (Å²) in [5.41, 5.74) is 10.7. The molecule has 45 heavy (non-hydrogen) atoms. The molecule has 1 spiro atoms. The van der Waals surface area contributed by atoms with E-state index in [0.717, 1.165) is 56.3 Å². The minimum Gasteiger partial charge on any atom is -0.340 e. The Morgan fingerprint density at radius 3 is 1.73 bits per heavy atom. The Bertz CT molecular complexity index is 1990. The smallest absolute Gasteiger partial charge is 0.340 e. The molecule has 0 fully saturated rings. The standard InChI is InChI=1S/C40H31F3N2/c1-26-13-3-7-21-34(26)45-37-24-10-6-18-32(37)39(33-20-11-14-27(2)38(33)45)30-16-4-8-22-35(30)44(36-23-9-5-17-31(36)39)25-28-15-12-19-29(28)40(41,42)43/h3-24,28H,25H2,1-2H3. The Hall–Kier alpha value is -5.03. The molecule has 0 N–H and O–H groups in total. The third-order valence-corrected chi connectivity index (χ3v) is 9.69. The van der Waals surface area contributed by atoms with E-state index in [-0.39, 0.29) is 6.54 Å². The van der Waals surface area contributed by atoms with Gasteiger partial charge in [0.2, 0.25) is 0 Å². The molecule has 1 aliphatic carbocycles. The predicted molar refractivity (Wildman–Crippen MR) is 176 cm³/mol. The van der Waals surface area contributed by atoms with Crippen LogP contribution in [0.2, 0.25) is 0 Å². The maximum atomic E-state index is 14.1. The number of anilines is 5. The van der Waals surface area contributed by atoms with Crippen LogP contribution in [0.4, 0.5) is 41.6 Å². The first kappa shape index (κ1) is 27.5. The number of halogens is 3. The SMILES string of the molecule is Cc1ccccc1N1c2ccccc2C2(c3ccccc3N(CC3C=CC=C3C(F)(F)F)c3ccccc32)c2cccc(C)c21. The molecule has 1 atom stereocenters. The highest BCUT2D eigenvalue weighted by Crippen LogP contribution is 2.63. The fourth-order valence-electron chi connectivity index (χ4n) is 7.86. The van der Waals surface area contributed by atoms with Crippen molar-refractivity contribution in [3.8, 4) is 0 Å². The number of aryl methyl sites for hydroxylation is 2. The summed E-state index contributed by atoms with van der Waals surface area (Å²) in [6.45, 7) is 4.49. The van der Waals surface area contributed by atoms with Crippen LogP contribution in [0.3, 0.4) is 0 Å². The molecule has 2 heterocycles. The second kappa shape index (κ2) is 10.00. The van der Waals surface area contributed by atoms with E-state index in [1.54, 1.807) is 6.08 Å². The number of alkyl halides is 3. The van der Waals surface area contributed by atoms with Gasteiger partial charge in [0.25, 0.3) is 0 Å². The lowest BCUT2D eigenvalue weighted by atomic mass is 9.59. The minimum absolute atomic E-state index is 0.184. The second-order valence-corrected chi connectivity index (χ2v) is 12.1. The molecule has 5 aromatic carbocycles. The zero-order valence-corrected chi connectivity index (χ0v) is 25.0. The highest BCUT2D eigenvalue weighted by Gasteiger charge is 2.52. The Labute approximate surface area is 261 Å². The van der Waals surface area contributed by atoms with Crippen LogP contribution in [0.25, 0.3) is 0 Å². The second-order valence-electron chi connectivity index (χ2n) is 12.1. The summed E-state index contributed by atoms with van der Waals surface area (Å²) in [5.74, 6) is -0.773. The zero-order chi connectivity index (χ0) is 30.9. The van der Waals surface area contributed by atoms with Crippen molar-refractivity contribution in [3.05, 3.63) is 172 Å². The lowest BCUT2D eigenvalue weighted by Gasteiger charge is -2.52. The van der Waals surface area contributed by atoms with E-state index in [4.69, 9.17) is 0 Å². The summed E-state index contributed by atoms with van der Waals surface area (Å²) in [7, 11) is 0. The van der Waals surface area contributed by atoms with Crippen molar-refractivity contribution < 1.29 is 13.2 Å². The van der Waals surface area contributed by atoms with Gasteiger partial charge in [-0.25, -0.2) is 0 Å². The summed E-state index contributed by atoms with van der Waals surface area (Å²) >= 11 is 0. The molecule has 5 aromatic rings. The normalized spacial score (nSPS) is 17.4. The number of hydrogen-bond donors (Lipinski definition) is 0. The summed E-state index contributed by atoms with van der Waals surface area (Å²) in [5, 5.41) is 0. The van der Waals surface area contributed by atoms with Gasteiger partial charge in [0.1, 0.15) is 0 Å². The number of hydrogen-bond acceptors (Lipinski definition) is 2. The van der Waals surface area contributed by atoms with Crippen LogP contribution in [0.5, 0.6) is 0 Å². The minimum atomic E-state index is -4.39. The first-order chi connectivity index (χ1) is 21.8. The van der Waals surface area contributed by atoms with Crippen molar-refractivity contribution in [2.75, 3.05) is 16.3 Å². The molecule has 0 aromatic heterocycles. The average molecular weight is 597 g/mol. The van der Waals surface area contributed by atoms with Gasteiger partial charge in [-0.05, 0) is 71.5 Å². The molecule has 2 nitrogen and oxygen atoms in total. The lowest BCUT2D eigenvalue weighted by Crippen LogP contribution is -2.44. The number of fused-ring (bicyclic) bond motifs is 8. The molecular weight excluding hydrogens is 565 g/mol. The molecule has 2 aliphatic heterocycles. The molecule has 3 aliphatic rings. The van der Waals surface area contributed by atoms with Crippen LogP contribution < -0.4 is 9.80 Å². The van der Waals surface area contributed by atoms with Gasteiger partial charge in [0.05, 0.1) is 16.8 Å². The van der Waals surface area contributed by atoms with Crippen LogP contribution >= 0.6 is 0 Å². The summed E-state index contributed by atoms with van der Waals surface area (Å²) in [4.78, 5) is 4.49. The van der Waals surface area contributed by atoms with E-state index in [9.17, 15) is 13.2 Å². The molecular formula is C40H31F3N2. The molecule has 0 amide bonds. The average Bonchev–Trinajstić information content (AvgIpc) is 3.53. The molecule has 0 saturated heterocycles. The maximum absolute atomic E-state index is 14.1. The van der Waals surface area contributed by atoms with E-state index in [0.29, 0.717) is 0 Å². The van der Waals surface area contributed by atoms with Crippen molar-refractivity contribution in [1.82, 2.24) is 0 Å². The lowest BCUT2D eigenvalue weighted by molar-refractivity contribution is -0.0964. The van der Waals surface area contributed by atoms with Crippen LogP contribution in [0, 0.1) is 19.8 Å². The first-order valence-electron chi connectivity index (χ1n) is 15.3. The van der Waals surface area contributed by atoms with E-state index in [2.05, 4.69) is 127 Å². The Morgan fingerprint density at radius 1 is 0.600 bits per heavy atom. The van der Waals surface area contributed by atoms with Crippen LogP contribution in [0.1, 0.15) is 33.4 Å². The van der Waals surface area contributed by atoms with Crippen molar-refractivity contribution in [3.63, 3.8) is 0 Å². The zero-order valence-electron chi connectivity index (χ0n) is 25.0. The first-order valence-corrected chi connectivity index (χ1v) is 15.3. The van der Waals surface area contributed by atoms with E-state index >= 15 is 0 Å². The highest BCUT2D eigenvalue weighted by molar-refractivity contribution is 5.95. The maximum Gasteiger partial charge on any atom is 0.413 e. The van der Waals surface area contributed by atoms with Gasteiger partial charge >= 0.3 is 6.18 Å². The van der Waals surface area contributed by atoms with Gasteiger partial charge in [0.15, 0.2) is 0 Å². The molecule has 0 radical (unpaired) electrons. The summed E-state index contributed by atoms with van der Waals surface area (Å²) in [6.07, 6.45) is 0.0346. The van der Waals surface area contributed by atoms with Crippen LogP contribution in [0.15, 0.2) is 139 Å². The summed E-state index contributed by atoms with van der Waals surface area (Å²) < 4.78 is 42.3. The largest absolute Gasteiger partial charge is 0.413 e. The van der Waals surface area contributed by atoms with Gasteiger partial charge in [-0.15, -0.1) is 0 Å². The third kappa shape index (κ3) is 3.89. The molecule has 222 valence electrons. The van der Waals surface area contributed by atoms with Gasteiger partial charge < -0.3 is 9.80 Å². The van der Waals surface area contributed by atoms with E-state index in [1.807, 2.05) is 12.1 Å². The Morgan fingerprint density at radius 2 is 1.11 bits per heavy atom. The molecule has 0 bridgehead atoms. The number of para-hydroxylation sites is 5. The van der Waals surface area contributed by atoms with E-state index < -0.39 is 23.1 Å². The topological polar surface area (TPSA) is 6.48 Å². The van der Waals surface area contributed by atoms with Crippen LogP contribution in [-0.2, 0) is 5.41 Å². The van der Waals surface area contributed by atoms with Gasteiger partial charge in [-0.2, -0.15) is 13.2 Å². The van der Waals surface area contributed by atoms with Crippen molar-refractivity contribution >= 4 is 28.4 Å². The highest BCUT2D eigenvalue weighted by atomic mass is 19.4. The number of benzene rings is 5. The van der Waals surface area contributed by atoms with Crippen molar-refractivity contribution in [1.29, 1.82) is 0 Å². The van der Waals surface area contributed by atoms with E-state index in [1.165, 1.54) is 17.7 Å². The van der Waals surface area contributed by atoms with Crippen molar-refractivity contribution in [2.45, 2.75) is 25.4 Å². The molecule has 1 unspecified atom stereocenters. The predicted octanol–water partition coefficient (Wildman–Crippen LogP) is 10.6.